The van der Waals surface area contributed by atoms with Crippen LogP contribution >= 0.6 is 7.60 Å². The molecule has 0 radical (unpaired) electrons. The number of ether oxygens (including phenoxy) is 1. The van der Waals surface area contributed by atoms with Gasteiger partial charge >= 0.3 is 7.60 Å². The second kappa shape index (κ2) is 6.84. The summed E-state index contributed by atoms with van der Waals surface area (Å²) in [5.41, 5.74) is 1.14. The highest BCUT2D eigenvalue weighted by atomic mass is 31.2. The van der Waals surface area contributed by atoms with Crippen LogP contribution in [-0.4, -0.2) is 25.1 Å². The highest BCUT2D eigenvalue weighted by Crippen LogP contribution is 2.53. The van der Waals surface area contributed by atoms with Crippen molar-refractivity contribution in [3.63, 3.8) is 0 Å². The fourth-order valence-corrected chi connectivity index (χ4v) is 3.40. The van der Waals surface area contributed by atoms with Crippen molar-refractivity contribution in [3.8, 4) is 11.5 Å². The molecule has 0 fully saturated rings. The number of carbonyl (C=O) groups is 1. The predicted octanol–water partition coefficient (Wildman–Crippen LogP) is 4.56. The summed E-state index contributed by atoms with van der Waals surface area (Å²) in [6, 6.07) is 12.2. The van der Waals surface area contributed by atoms with Crippen LogP contribution in [0.5, 0.6) is 11.5 Å². The second-order valence-corrected chi connectivity index (χ2v) is 7.61. The number of hydrogen-bond donors (Lipinski definition) is 1. The van der Waals surface area contributed by atoms with E-state index in [1.54, 1.807) is 18.2 Å². The van der Waals surface area contributed by atoms with E-state index in [1.807, 2.05) is 24.3 Å². The molecular formula is C18H17O6P. The monoisotopic (exact) mass is 360 g/mol. The van der Waals surface area contributed by atoms with E-state index >= 15 is 0 Å². The third kappa shape index (κ3) is 3.37. The zero-order valence-corrected chi connectivity index (χ0v) is 14.7. The van der Waals surface area contributed by atoms with E-state index in [0.717, 1.165) is 5.56 Å². The van der Waals surface area contributed by atoms with Crippen LogP contribution < -0.4 is 4.74 Å². The van der Waals surface area contributed by atoms with E-state index in [2.05, 4.69) is 0 Å². The summed E-state index contributed by atoms with van der Waals surface area (Å²) in [7, 11) is -1.38. The van der Waals surface area contributed by atoms with Gasteiger partial charge in [-0.2, -0.15) is 0 Å². The SMILES string of the molecule is COP(=O)(OC)C(O)=Cc1ccc2c(c1)C(=O)Cc1ccccc1O2. The largest absolute Gasteiger partial charge is 0.501 e. The number of Topliss-reactive ketones (excluding diaryl/α,β-unsaturated/α-hetero) is 1. The lowest BCUT2D eigenvalue weighted by atomic mass is 10.0. The summed E-state index contributed by atoms with van der Waals surface area (Å²) >= 11 is 0. The van der Waals surface area contributed by atoms with Gasteiger partial charge in [-0.1, -0.05) is 24.3 Å². The molecule has 1 N–H and O–H groups in total. The molecule has 0 bridgehead atoms. The van der Waals surface area contributed by atoms with Crippen LogP contribution in [0.1, 0.15) is 21.5 Å². The van der Waals surface area contributed by atoms with Gasteiger partial charge in [0.2, 0.25) is 5.50 Å². The first-order chi connectivity index (χ1) is 12.0. The van der Waals surface area contributed by atoms with Gasteiger partial charge in [0.15, 0.2) is 5.78 Å². The lowest BCUT2D eigenvalue weighted by Crippen LogP contribution is -2.02. The number of hydrogen-bond acceptors (Lipinski definition) is 6. The Morgan fingerprint density at radius 2 is 1.88 bits per heavy atom. The van der Waals surface area contributed by atoms with E-state index in [4.69, 9.17) is 13.8 Å². The number of fused-ring (bicyclic) bond motifs is 2. The van der Waals surface area contributed by atoms with Crippen LogP contribution in [-0.2, 0) is 20.0 Å². The molecule has 0 atom stereocenters. The first-order valence-corrected chi connectivity index (χ1v) is 9.07. The number of ketones is 1. The van der Waals surface area contributed by atoms with Crippen LogP contribution in [0.25, 0.3) is 6.08 Å². The number of para-hydroxylation sites is 1. The summed E-state index contributed by atoms with van der Waals surface area (Å²) in [6.45, 7) is 0. The number of benzene rings is 2. The molecule has 0 saturated heterocycles. The highest BCUT2D eigenvalue weighted by molar-refractivity contribution is 7.58. The summed E-state index contributed by atoms with van der Waals surface area (Å²) in [5.74, 6) is 0.980. The molecule has 2 aromatic rings. The third-order valence-corrected chi connectivity index (χ3v) is 5.56. The van der Waals surface area contributed by atoms with E-state index in [0.29, 0.717) is 22.6 Å². The molecule has 2 aromatic carbocycles. The van der Waals surface area contributed by atoms with Crippen molar-refractivity contribution < 1.29 is 28.3 Å². The van der Waals surface area contributed by atoms with Gasteiger partial charge in [0.05, 0.1) is 5.56 Å². The van der Waals surface area contributed by atoms with Crippen molar-refractivity contribution in [3.05, 3.63) is 64.7 Å². The smallest absolute Gasteiger partial charge is 0.394 e. The molecule has 1 aliphatic heterocycles. The van der Waals surface area contributed by atoms with E-state index in [9.17, 15) is 14.5 Å². The standard InChI is InChI=1S/C18H17O6P/c1-22-25(21,23-2)18(20)10-12-7-8-17-14(9-12)15(19)11-13-5-3-4-6-16(13)24-17/h3-10,20H,11H2,1-2H3. The van der Waals surface area contributed by atoms with E-state index in [-0.39, 0.29) is 12.2 Å². The Morgan fingerprint density at radius 1 is 1.16 bits per heavy atom. The van der Waals surface area contributed by atoms with Crippen molar-refractivity contribution >= 4 is 19.5 Å². The van der Waals surface area contributed by atoms with Crippen LogP contribution in [0.15, 0.2) is 48.0 Å². The minimum Gasteiger partial charge on any atom is -0.501 e. The van der Waals surface area contributed by atoms with Gasteiger partial charge in [-0.25, -0.2) is 0 Å². The highest BCUT2D eigenvalue weighted by Gasteiger charge is 2.28. The summed E-state index contributed by atoms with van der Waals surface area (Å²) in [5, 5.41) is 10.0. The average Bonchev–Trinajstić information content (AvgIpc) is 2.77. The van der Waals surface area contributed by atoms with E-state index in [1.165, 1.54) is 20.3 Å². The van der Waals surface area contributed by atoms with Crippen molar-refractivity contribution in [1.82, 2.24) is 0 Å². The Bertz CT molecular complexity index is 894. The fraction of sp³-hybridized carbons (Fsp3) is 0.167. The maximum absolute atomic E-state index is 12.5. The molecule has 6 nitrogen and oxygen atoms in total. The Morgan fingerprint density at radius 3 is 2.60 bits per heavy atom. The predicted molar refractivity (Wildman–Crippen MR) is 93.2 cm³/mol. The molecule has 0 aromatic heterocycles. The molecule has 1 aliphatic rings. The van der Waals surface area contributed by atoms with Crippen molar-refractivity contribution in [2.45, 2.75) is 6.42 Å². The van der Waals surface area contributed by atoms with Gasteiger partial charge in [0.1, 0.15) is 11.5 Å². The molecule has 0 saturated carbocycles. The van der Waals surface area contributed by atoms with Crippen LogP contribution in [0.4, 0.5) is 0 Å². The zero-order valence-electron chi connectivity index (χ0n) is 13.8. The van der Waals surface area contributed by atoms with Crippen LogP contribution in [0, 0.1) is 0 Å². The molecule has 0 unspecified atom stereocenters. The van der Waals surface area contributed by atoms with Gasteiger partial charge in [0.25, 0.3) is 0 Å². The summed E-state index contributed by atoms with van der Waals surface area (Å²) in [6.07, 6.45) is 1.47. The van der Waals surface area contributed by atoms with Gasteiger partial charge < -0.3 is 18.9 Å². The molecule has 1 heterocycles. The Balaban J connectivity index is 2.00. The number of rotatable bonds is 4. The molecule has 7 heteroatoms. The van der Waals surface area contributed by atoms with Crippen LogP contribution in [0.3, 0.4) is 0 Å². The summed E-state index contributed by atoms with van der Waals surface area (Å²) < 4.78 is 27.5. The molecular weight excluding hydrogens is 343 g/mol. The van der Waals surface area contributed by atoms with Crippen molar-refractivity contribution in [2.75, 3.05) is 14.2 Å². The van der Waals surface area contributed by atoms with Gasteiger partial charge in [0, 0.05) is 26.2 Å². The average molecular weight is 360 g/mol. The second-order valence-electron chi connectivity index (χ2n) is 5.43. The van der Waals surface area contributed by atoms with E-state index < -0.39 is 13.1 Å². The first-order valence-electron chi connectivity index (χ1n) is 7.52. The molecule has 3 rings (SSSR count). The lowest BCUT2D eigenvalue weighted by Gasteiger charge is -2.12. The van der Waals surface area contributed by atoms with Gasteiger partial charge in [-0.3, -0.25) is 9.36 Å². The number of aliphatic hydroxyl groups is 1. The minimum absolute atomic E-state index is 0.101. The van der Waals surface area contributed by atoms with Crippen molar-refractivity contribution in [2.24, 2.45) is 0 Å². The molecule has 0 amide bonds. The third-order valence-electron chi connectivity index (χ3n) is 3.90. The van der Waals surface area contributed by atoms with Crippen LogP contribution in [0.2, 0.25) is 0 Å². The molecule has 0 aliphatic carbocycles. The quantitative estimate of drug-likeness (QED) is 0.636. The number of aliphatic hydroxyl groups excluding tert-OH is 1. The Labute approximate surface area is 145 Å². The first kappa shape index (κ1) is 17.4. The topological polar surface area (TPSA) is 82.1 Å². The maximum Gasteiger partial charge on any atom is 0.394 e. The maximum atomic E-state index is 12.5. The Kier molecular flexibility index (Phi) is 4.77. The molecule has 0 spiro atoms. The zero-order chi connectivity index (χ0) is 18.0. The van der Waals surface area contributed by atoms with Crippen molar-refractivity contribution in [1.29, 1.82) is 0 Å². The minimum atomic E-state index is -3.74. The molecule has 25 heavy (non-hydrogen) atoms. The fourth-order valence-electron chi connectivity index (χ4n) is 2.57. The Hall–Kier alpha value is -2.40. The summed E-state index contributed by atoms with van der Waals surface area (Å²) in [4.78, 5) is 12.5. The molecule has 130 valence electrons. The van der Waals surface area contributed by atoms with Gasteiger partial charge in [-0.15, -0.1) is 0 Å². The number of carbonyl (C=O) groups excluding carboxylic acids is 1. The normalized spacial score (nSPS) is 14.3. The van der Waals surface area contributed by atoms with Gasteiger partial charge in [-0.05, 0) is 29.8 Å². The lowest BCUT2D eigenvalue weighted by molar-refractivity contribution is 0.0993.